The minimum absolute atomic E-state index is 0.0572. The predicted octanol–water partition coefficient (Wildman–Crippen LogP) is 4.20. The van der Waals surface area contributed by atoms with Gasteiger partial charge in [0.25, 0.3) is 0 Å². The summed E-state index contributed by atoms with van der Waals surface area (Å²) in [7, 11) is 0. The van der Waals surface area contributed by atoms with Gasteiger partial charge in [0, 0.05) is 23.0 Å². The highest BCUT2D eigenvalue weighted by Crippen LogP contribution is 2.32. The fraction of sp³-hybridized carbons (Fsp3) is 0.263. The highest BCUT2D eigenvalue weighted by atomic mass is 35.5. The zero-order valence-electron chi connectivity index (χ0n) is 14.0. The summed E-state index contributed by atoms with van der Waals surface area (Å²) in [6.45, 7) is 2.73. The fourth-order valence-corrected chi connectivity index (χ4v) is 2.89. The van der Waals surface area contributed by atoms with Crippen molar-refractivity contribution in [3.05, 3.63) is 47.5 Å². The molecule has 6 heteroatoms. The molecule has 0 aliphatic heterocycles. The molecule has 3 rings (SSSR count). The smallest absolute Gasteiger partial charge is 0.165 e. The van der Waals surface area contributed by atoms with Crippen LogP contribution in [0.4, 0.5) is 5.82 Å². The van der Waals surface area contributed by atoms with Gasteiger partial charge in [-0.15, -0.1) is 0 Å². The molecular weight excluding hydrogens is 336 g/mol. The van der Waals surface area contributed by atoms with Gasteiger partial charge in [-0.1, -0.05) is 37.1 Å². The summed E-state index contributed by atoms with van der Waals surface area (Å²) in [5.74, 6) is 1.21. The Morgan fingerprint density at radius 1 is 1.20 bits per heavy atom. The number of hydrogen-bond acceptors (Lipinski definition) is 5. The first kappa shape index (κ1) is 17.5. The number of fused-ring (bicyclic) bond motifs is 1. The number of anilines is 1. The van der Waals surface area contributed by atoms with Crippen molar-refractivity contribution in [2.45, 2.75) is 25.8 Å². The summed E-state index contributed by atoms with van der Waals surface area (Å²) in [5, 5.41) is 14.9. The second-order valence-electron chi connectivity index (χ2n) is 6.00. The summed E-state index contributed by atoms with van der Waals surface area (Å²) in [6, 6.07) is 12.6. The van der Waals surface area contributed by atoms with E-state index in [1.54, 1.807) is 18.2 Å². The van der Waals surface area contributed by atoms with Crippen molar-refractivity contribution in [3.63, 3.8) is 0 Å². The number of phenols is 1. The highest BCUT2D eigenvalue weighted by Gasteiger charge is 2.13. The predicted molar refractivity (Wildman–Crippen MR) is 103 cm³/mol. The summed E-state index contributed by atoms with van der Waals surface area (Å²) in [4.78, 5) is 9.18. The second kappa shape index (κ2) is 7.68. The Morgan fingerprint density at radius 3 is 2.80 bits per heavy atom. The van der Waals surface area contributed by atoms with E-state index in [1.807, 2.05) is 24.3 Å². The highest BCUT2D eigenvalue weighted by molar-refractivity contribution is 6.30. The summed E-state index contributed by atoms with van der Waals surface area (Å²) >= 11 is 6.06. The van der Waals surface area contributed by atoms with Crippen molar-refractivity contribution in [2.75, 3.05) is 11.9 Å². The van der Waals surface area contributed by atoms with Gasteiger partial charge < -0.3 is 16.2 Å². The van der Waals surface area contributed by atoms with E-state index < -0.39 is 0 Å². The standard InChI is InChI=1S/C19H21ClN4O/c1-2-5-13(21)11-22-18-14-6-3-4-7-16(14)23-19(24-18)15-10-12(20)8-9-17(15)25/h3-4,6-10,13,25H,2,5,11,21H2,1H3,(H,22,23,24). The van der Waals surface area contributed by atoms with E-state index in [0.29, 0.717) is 28.8 Å². The topological polar surface area (TPSA) is 84.1 Å². The lowest BCUT2D eigenvalue weighted by Gasteiger charge is -2.15. The van der Waals surface area contributed by atoms with Crippen LogP contribution in [0, 0.1) is 0 Å². The van der Waals surface area contributed by atoms with Crippen LogP contribution in [0.1, 0.15) is 19.8 Å². The number of para-hydroxylation sites is 1. The number of rotatable bonds is 6. The van der Waals surface area contributed by atoms with E-state index >= 15 is 0 Å². The molecule has 25 heavy (non-hydrogen) atoms. The van der Waals surface area contributed by atoms with Crippen molar-refractivity contribution in [3.8, 4) is 17.1 Å². The number of aromatic hydroxyl groups is 1. The van der Waals surface area contributed by atoms with Crippen LogP contribution in [-0.2, 0) is 0 Å². The molecule has 3 aromatic rings. The molecule has 1 unspecified atom stereocenters. The minimum Gasteiger partial charge on any atom is -0.507 e. The molecule has 0 aliphatic carbocycles. The average molecular weight is 357 g/mol. The first-order valence-corrected chi connectivity index (χ1v) is 8.71. The summed E-state index contributed by atoms with van der Waals surface area (Å²) in [6.07, 6.45) is 1.98. The van der Waals surface area contributed by atoms with Crippen LogP contribution in [0.5, 0.6) is 5.75 Å². The average Bonchev–Trinajstić information content (AvgIpc) is 2.61. The minimum atomic E-state index is 0.0572. The largest absolute Gasteiger partial charge is 0.507 e. The van der Waals surface area contributed by atoms with Gasteiger partial charge in [-0.05, 0) is 36.8 Å². The van der Waals surface area contributed by atoms with Gasteiger partial charge >= 0.3 is 0 Å². The lowest BCUT2D eigenvalue weighted by atomic mass is 10.1. The summed E-state index contributed by atoms with van der Waals surface area (Å²) < 4.78 is 0. The van der Waals surface area contributed by atoms with Crippen molar-refractivity contribution >= 4 is 28.3 Å². The molecule has 1 atom stereocenters. The third kappa shape index (κ3) is 4.00. The van der Waals surface area contributed by atoms with E-state index in [4.69, 9.17) is 17.3 Å². The van der Waals surface area contributed by atoms with Crippen molar-refractivity contribution < 1.29 is 5.11 Å². The number of nitrogens with zero attached hydrogens (tertiary/aromatic N) is 2. The van der Waals surface area contributed by atoms with Gasteiger partial charge in [-0.3, -0.25) is 0 Å². The van der Waals surface area contributed by atoms with Crippen LogP contribution >= 0.6 is 11.6 Å². The van der Waals surface area contributed by atoms with E-state index in [0.717, 1.165) is 23.7 Å². The lowest BCUT2D eigenvalue weighted by molar-refractivity contribution is 0.477. The summed E-state index contributed by atoms with van der Waals surface area (Å²) in [5.41, 5.74) is 7.40. The SMILES string of the molecule is CCCC(N)CNc1nc(-c2cc(Cl)ccc2O)nc2ccccc12. The molecule has 130 valence electrons. The van der Waals surface area contributed by atoms with Crippen molar-refractivity contribution in [2.24, 2.45) is 5.73 Å². The Balaban J connectivity index is 2.04. The van der Waals surface area contributed by atoms with E-state index in [2.05, 4.69) is 22.2 Å². The molecule has 0 amide bonds. The Labute approximate surface area is 151 Å². The molecule has 1 aromatic heterocycles. The number of halogens is 1. The molecule has 0 aliphatic rings. The van der Waals surface area contributed by atoms with Gasteiger partial charge in [0.05, 0.1) is 11.1 Å². The van der Waals surface area contributed by atoms with Gasteiger partial charge in [-0.2, -0.15) is 0 Å². The quantitative estimate of drug-likeness (QED) is 0.616. The molecular formula is C19H21ClN4O. The lowest BCUT2D eigenvalue weighted by Crippen LogP contribution is -2.29. The monoisotopic (exact) mass is 356 g/mol. The molecule has 2 aromatic carbocycles. The number of benzene rings is 2. The van der Waals surface area contributed by atoms with Gasteiger partial charge in [0.2, 0.25) is 0 Å². The second-order valence-corrected chi connectivity index (χ2v) is 6.44. The maximum atomic E-state index is 10.2. The molecule has 4 N–H and O–H groups in total. The zero-order valence-corrected chi connectivity index (χ0v) is 14.8. The molecule has 5 nitrogen and oxygen atoms in total. The Bertz CT molecular complexity index is 884. The van der Waals surface area contributed by atoms with Gasteiger partial charge in [0.15, 0.2) is 5.82 Å². The maximum Gasteiger partial charge on any atom is 0.165 e. The van der Waals surface area contributed by atoms with E-state index in [1.165, 1.54) is 0 Å². The number of nitrogens with one attached hydrogen (secondary N) is 1. The third-order valence-electron chi connectivity index (χ3n) is 3.99. The normalized spacial score (nSPS) is 12.3. The number of hydrogen-bond donors (Lipinski definition) is 3. The Hall–Kier alpha value is -2.37. The van der Waals surface area contributed by atoms with Crippen LogP contribution in [0.15, 0.2) is 42.5 Å². The van der Waals surface area contributed by atoms with Crippen LogP contribution < -0.4 is 11.1 Å². The molecule has 0 bridgehead atoms. The molecule has 0 spiro atoms. The van der Waals surface area contributed by atoms with E-state index in [9.17, 15) is 5.11 Å². The van der Waals surface area contributed by atoms with Crippen molar-refractivity contribution in [1.29, 1.82) is 0 Å². The van der Waals surface area contributed by atoms with Crippen molar-refractivity contribution in [1.82, 2.24) is 9.97 Å². The van der Waals surface area contributed by atoms with Crippen LogP contribution in [-0.4, -0.2) is 27.7 Å². The number of phenolic OH excluding ortho intramolecular Hbond substituents is 1. The first-order chi connectivity index (χ1) is 12.1. The van der Waals surface area contributed by atoms with Gasteiger partial charge in [0.1, 0.15) is 11.6 Å². The Morgan fingerprint density at radius 2 is 2.00 bits per heavy atom. The number of aromatic nitrogens is 2. The Kier molecular flexibility index (Phi) is 5.36. The zero-order chi connectivity index (χ0) is 17.8. The molecule has 0 fully saturated rings. The van der Waals surface area contributed by atoms with Crippen LogP contribution in [0.25, 0.3) is 22.3 Å². The molecule has 0 saturated heterocycles. The number of nitrogens with two attached hydrogens (primary N) is 1. The van der Waals surface area contributed by atoms with Crippen LogP contribution in [0.3, 0.4) is 0 Å². The third-order valence-corrected chi connectivity index (χ3v) is 4.23. The first-order valence-electron chi connectivity index (χ1n) is 8.33. The molecule has 0 radical (unpaired) electrons. The van der Waals surface area contributed by atoms with Gasteiger partial charge in [-0.25, -0.2) is 9.97 Å². The fourth-order valence-electron chi connectivity index (χ4n) is 2.72. The van der Waals surface area contributed by atoms with Crippen LogP contribution in [0.2, 0.25) is 5.02 Å². The maximum absolute atomic E-state index is 10.2. The molecule has 1 heterocycles. The molecule has 0 saturated carbocycles. The van der Waals surface area contributed by atoms with E-state index in [-0.39, 0.29) is 11.8 Å².